The van der Waals surface area contributed by atoms with Gasteiger partial charge in [-0.05, 0) is 79.2 Å². The molecule has 0 radical (unpaired) electrons. The zero-order valence-corrected chi connectivity index (χ0v) is 27.7. The number of methoxy groups -OCH3 is 1. The molecule has 3 aromatic carbocycles. The van der Waals surface area contributed by atoms with Crippen molar-refractivity contribution in [3.05, 3.63) is 99.6 Å². The van der Waals surface area contributed by atoms with E-state index in [-0.39, 0.29) is 17.7 Å². The van der Waals surface area contributed by atoms with E-state index >= 15 is 0 Å². The number of hydrogen-bond donors (Lipinski definition) is 0. The van der Waals surface area contributed by atoms with Gasteiger partial charge in [0, 0.05) is 28.9 Å². The minimum atomic E-state index is -1.51. The third-order valence-electron chi connectivity index (χ3n) is 7.64. The minimum Gasteiger partial charge on any atom is -0.496 e. The lowest BCUT2D eigenvalue weighted by atomic mass is 10.0. The first-order chi connectivity index (χ1) is 21.7. The number of carbonyl (C=O) groups is 4. The average molecular weight is 631 g/mol. The number of ether oxygens (including phenoxy) is 4. The molecule has 3 aromatic rings. The van der Waals surface area contributed by atoms with Crippen LogP contribution in [-0.2, 0) is 19.0 Å². The van der Waals surface area contributed by atoms with Crippen molar-refractivity contribution in [1.29, 1.82) is 0 Å². The molecule has 1 aliphatic heterocycles. The van der Waals surface area contributed by atoms with E-state index in [1.54, 1.807) is 82.3 Å². The van der Waals surface area contributed by atoms with Gasteiger partial charge in [-0.3, -0.25) is 14.4 Å². The van der Waals surface area contributed by atoms with Crippen LogP contribution in [0, 0.1) is 33.6 Å². The van der Waals surface area contributed by atoms with Crippen molar-refractivity contribution in [2.45, 2.75) is 66.7 Å². The fraction of sp³-hybridized carbons (Fsp3) is 0.389. The SMILES string of the molecule is COc1cccc(C(=O)N(C(=O)OC(OC(=O)C2CCOC2)c2ccc(C)cc2)N(C(=O)c2cc(C)cc(C)c2)C(C)(C)C)c1C. The number of rotatable bonds is 7. The van der Waals surface area contributed by atoms with Gasteiger partial charge < -0.3 is 18.9 Å². The number of hydrogen-bond acceptors (Lipinski definition) is 8. The Hall–Kier alpha value is -4.70. The number of imide groups is 1. The fourth-order valence-electron chi connectivity index (χ4n) is 5.30. The van der Waals surface area contributed by atoms with Gasteiger partial charge in [0.15, 0.2) is 0 Å². The Morgan fingerprint density at radius 1 is 0.848 bits per heavy atom. The van der Waals surface area contributed by atoms with Crippen molar-refractivity contribution in [1.82, 2.24) is 10.0 Å². The van der Waals surface area contributed by atoms with E-state index < -0.39 is 41.6 Å². The van der Waals surface area contributed by atoms with Gasteiger partial charge >= 0.3 is 12.1 Å². The second-order valence-electron chi connectivity index (χ2n) is 12.5. The van der Waals surface area contributed by atoms with Gasteiger partial charge in [-0.25, -0.2) is 9.80 Å². The summed E-state index contributed by atoms with van der Waals surface area (Å²) in [5, 5.41) is 1.78. The molecule has 10 nitrogen and oxygen atoms in total. The molecule has 0 N–H and O–H groups in total. The first kappa shape index (κ1) is 34.2. The van der Waals surface area contributed by atoms with Crippen LogP contribution in [0.15, 0.2) is 60.7 Å². The number of carbonyl (C=O) groups excluding carboxylic acids is 4. The van der Waals surface area contributed by atoms with Gasteiger partial charge in [-0.2, -0.15) is 0 Å². The van der Waals surface area contributed by atoms with Crippen LogP contribution in [0.5, 0.6) is 5.75 Å². The summed E-state index contributed by atoms with van der Waals surface area (Å²) >= 11 is 0. The molecule has 0 bridgehead atoms. The zero-order valence-electron chi connectivity index (χ0n) is 27.7. The molecule has 3 amide bonds. The molecule has 0 saturated carbocycles. The van der Waals surface area contributed by atoms with E-state index in [4.69, 9.17) is 18.9 Å². The molecule has 1 aliphatic rings. The first-order valence-corrected chi connectivity index (χ1v) is 15.2. The van der Waals surface area contributed by atoms with Crippen molar-refractivity contribution in [3.63, 3.8) is 0 Å². The standard InChI is InChI=1S/C36H42N2O8/c1-22-12-14-26(15-13-22)34(45-33(41)27-16-17-44-21-27)46-35(42)37(32(40)29-10-9-11-30(43-8)25(29)4)38(36(5,6)7)31(39)28-19-23(2)18-24(3)20-28/h9-15,18-20,27,34H,16-17,21H2,1-8H3. The largest absolute Gasteiger partial charge is 0.496 e. The second kappa shape index (κ2) is 14.2. The molecular formula is C36H42N2O8. The van der Waals surface area contributed by atoms with Gasteiger partial charge in [0.1, 0.15) is 5.75 Å². The molecule has 0 aromatic heterocycles. The lowest BCUT2D eigenvalue weighted by molar-refractivity contribution is -0.177. The Labute approximate surface area is 270 Å². The van der Waals surface area contributed by atoms with Crippen LogP contribution in [0.3, 0.4) is 0 Å². The van der Waals surface area contributed by atoms with Gasteiger partial charge in [0.25, 0.3) is 18.1 Å². The predicted octanol–water partition coefficient (Wildman–Crippen LogP) is 6.64. The summed E-state index contributed by atoms with van der Waals surface area (Å²) in [5.74, 6) is -2.13. The minimum absolute atomic E-state index is 0.116. The zero-order chi connectivity index (χ0) is 33.8. The quantitative estimate of drug-likeness (QED) is 0.162. The highest BCUT2D eigenvalue weighted by atomic mass is 16.7. The number of aryl methyl sites for hydroxylation is 3. The molecule has 1 fully saturated rings. The molecule has 2 atom stereocenters. The van der Waals surface area contributed by atoms with Crippen LogP contribution < -0.4 is 4.74 Å². The second-order valence-corrected chi connectivity index (χ2v) is 12.5. The third-order valence-corrected chi connectivity index (χ3v) is 7.64. The summed E-state index contributed by atoms with van der Waals surface area (Å²) in [5.41, 5.74) is 2.74. The maximum atomic E-state index is 14.5. The summed E-state index contributed by atoms with van der Waals surface area (Å²) in [7, 11) is 1.48. The topological polar surface area (TPSA) is 112 Å². The molecule has 1 saturated heterocycles. The fourth-order valence-corrected chi connectivity index (χ4v) is 5.30. The smallest absolute Gasteiger partial charge is 0.439 e. The number of benzene rings is 3. The van der Waals surface area contributed by atoms with Crippen LogP contribution >= 0.6 is 0 Å². The van der Waals surface area contributed by atoms with E-state index in [9.17, 15) is 19.2 Å². The number of amides is 3. The van der Waals surface area contributed by atoms with Crippen molar-refractivity contribution >= 4 is 23.9 Å². The summed E-state index contributed by atoms with van der Waals surface area (Å²) in [6.07, 6.45) is -2.25. The molecule has 0 aliphatic carbocycles. The first-order valence-electron chi connectivity index (χ1n) is 15.2. The Bertz CT molecular complexity index is 1580. The maximum Gasteiger partial charge on any atom is 0.439 e. The van der Waals surface area contributed by atoms with Crippen molar-refractivity contribution in [2.24, 2.45) is 5.92 Å². The van der Waals surface area contributed by atoms with Crippen LogP contribution in [0.25, 0.3) is 0 Å². The normalized spacial score (nSPS) is 15.1. The Balaban J connectivity index is 1.83. The van der Waals surface area contributed by atoms with E-state index in [0.717, 1.165) is 21.7 Å². The lowest BCUT2D eigenvalue weighted by Crippen LogP contribution is -2.60. The van der Waals surface area contributed by atoms with Crippen molar-refractivity contribution in [2.75, 3.05) is 20.3 Å². The van der Waals surface area contributed by atoms with Gasteiger partial charge in [-0.15, -0.1) is 5.01 Å². The summed E-state index contributed by atoms with van der Waals surface area (Å²) < 4.78 is 22.4. The highest BCUT2D eigenvalue weighted by Crippen LogP contribution is 2.30. The molecule has 2 unspecified atom stereocenters. The third kappa shape index (κ3) is 7.74. The highest BCUT2D eigenvalue weighted by Gasteiger charge is 2.43. The summed E-state index contributed by atoms with van der Waals surface area (Å²) in [6, 6.07) is 17.1. The Kier molecular flexibility index (Phi) is 10.5. The van der Waals surface area contributed by atoms with Crippen LogP contribution in [0.2, 0.25) is 0 Å². The molecular weight excluding hydrogens is 588 g/mol. The molecule has 4 rings (SSSR count). The molecule has 244 valence electrons. The summed E-state index contributed by atoms with van der Waals surface area (Å²) in [6.45, 7) is 13.0. The lowest BCUT2D eigenvalue weighted by Gasteiger charge is -2.42. The summed E-state index contributed by atoms with van der Waals surface area (Å²) in [4.78, 5) is 56.3. The van der Waals surface area contributed by atoms with E-state index in [2.05, 4.69) is 0 Å². The average Bonchev–Trinajstić information content (AvgIpc) is 3.54. The van der Waals surface area contributed by atoms with E-state index in [1.165, 1.54) is 7.11 Å². The monoisotopic (exact) mass is 630 g/mol. The maximum absolute atomic E-state index is 14.5. The number of nitrogens with zero attached hydrogens (tertiary/aromatic N) is 2. The Morgan fingerprint density at radius 3 is 2.07 bits per heavy atom. The molecule has 0 spiro atoms. The number of esters is 1. The van der Waals surface area contributed by atoms with Crippen molar-refractivity contribution < 1.29 is 38.1 Å². The van der Waals surface area contributed by atoms with Gasteiger partial charge in [0.05, 0.1) is 25.2 Å². The molecule has 46 heavy (non-hydrogen) atoms. The molecule has 1 heterocycles. The van der Waals surface area contributed by atoms with Gasteiger partial charge in [-0.1, -0.05) is 53.1 Å². The van der Waals surface area contributed by atoms with Crippen molar-refractivity contribution in [3.8, 4) is 5.75 Å². The predicted molar refractivity (Wildman–Crippen MR) is 171 cm³/mol. The van der Waals surface area contributed by atoms with Gasteiger partial charge in [0.2, 0.25) is 0 Å². The van der Waals surface area contributed by atoms with E-state index in [0.29, 0.717) is 34.9 Å². The van der Waals surface area contributed by atoms with E-state index in [1.807, 2.05) is 26.8 Å². The van der Waals surface area contributed by atoms with Crippen LogP contribution in [0.1, 0.15) is 82.0 Å². The number of hydrazine groups is 1. The Morgan fingerprint density at radius 2 is 1.50 bits per heavy atom. The van der Waals surface area contributed by atoms with Crippen LogP contribution in [-0.4, -0.2) is 59.8 Å². The van der Waals surface area contributed by atoms with Crippen LogP contribution in [0.4, 0.5) is 4.79 Å². The molecule has 10 heteroatoms. The highest BCUT2D eigenvalue weighted by molar-refractivity contribution is 6.07.